The van der Waals surface area contributed by atoms with Gasteiger partial charge in [-0.15, -0.1) is 0 Å². The van der Waals surface area contributed by atoms with Crippen LogP contribution in [0.15, 0.2) is 52.5 Å². The maximum atomic E-state index is 13.0. The molecule has 4 rings (SSSR count). The number of benzene rings is 2. The van der Waals surface area contributed by atoms with E-state index in [1.165, 1.54) is 4.90 Å². The summed E-state index contributed by atoms with van der Waals surface area (Å²) in [7, 11) is 0. The van der Waals surface area contributed by atoms with Gasteiger partial charge in [-0.3, -0.25) is 19.9 Å². The summed E-state index contributed by atoms with van der Waals surface area (Å²) in [5, 5.41) is 0. The van der Waals surface area contributed by atoms with Gasteiger partial charge < -0.3 is 0 Å². The second-order valence-corrected chi connectivity index (χ2v) is 7.08. The van der Waals surface area contributed by atoms with Gasteiger partial charge in [-0.05, 0) is 37.6 Å². The van der Waals surface area contributed by atoms with E-state index >= 15 is 0 Å². The zero-order valence-electron chi connectivity index (χ0n) is 13.7. The molecule has 1 fully saturated rings. The summed E-state index contributed by atoms with van der Waals surface area (Å²) in [6.45, 7) is 3.86. The topological polar surface area (TPSA) is 58.6 Å². The lowest BCUT2D eigenvalue weighted by atomic mass is 10.1. The van der Waals surface area contributed by atoms with E-state index in [2.05, 4.69) is 21.4 Å². The van der Waals surface area contributed by atoms with E-state index in [1.54, 1.807) is 6.07 Å². The Morgan fingerprint density at radius 3 is 2.48 bits per heavy atom. The van der Waals surface area contributed by atoms with Gasteiger partial charge in [0.2, 0.25) is 0 Å². The highest BCUT2D eigenvalue weighted by Crippen LogP contribution is 2.37. The van der Waals surface area contributed by atoms with Crippen LogP contribution in [0.3, 0.4) is 0 Å². The number of carbonyl (C=O) groups excluding carboxylic acids is 2. The van der Waals surface area contributed by atoms with Crippen LogP contribution in [-0.2, 0) is 14.4 Å². The molecular formula is C19H15BrN2O3. The van der Waals surface area contributed by atoms with Gasteiger partial charge in [0.15, 0.2) is 6.10 Å². The molecule has 1 atom stereocenters. The van der Waals surface area contributed by atoms with E-state index in [9.17, 15) is 9.59 Å². The largest absolute Gasteiger partial charge is 0.270 e. The monoisotopic (exact) mass is 398 g/mol. The molecule has 0 aromatic heterocycles. The molecule has 1 saturated heterocycles. The van der Waals surface area contributed by atoms with E-state index in [0.29, 0.717) is 17.0 Å². The number of fused-ring (bicyclic) bond motifs is 1. The molecule has 0 aliphatic carbocycles. The molecule has 5 nitrogen and oxygen atoms in total. The molecule has 2 aromatic carbocycles. The first kappa shape index (κ1) is 16.1. The van der Waals surface area contributed by atoms with E-state index in [-0.39, 0.29) is 11.8 Å². The summed E-state index contributed by atoms with van der Waals surface area (Å²) < 4.78 is 0.933. The van der Waals surface area contributed by atoms with Gasteiger partial charge in [0.25, 0.3) is 11.8 Å². The predicted octanol–water partition coefficient (Wildman–Crippen LogP) is 3.25. The molecule has 2 aliphatic rings. The number of aryl methyl sites for hydroxylation is 2. The quantitative estimate of drug-likeness (QED) is 0.788. The SMILES string of the molecule is Cc1ccc(N2C(=O)C3=C(c4ccc(Br)cc4)NO[C@@H]3C2=O)c(C)c1. The summed E-state index contributed by atoms with van der Waals surface area (Å²) >= 11 is 3.39. The number of amides is 2. The second kappa shape index (κ2) is 5.82. The van der Waals surface area contributed by atoms with Crippen LogP contribution in [0.4, 0.5) is 5.69 Å². The number of hydrogen-bond acceptors (Lipinski definition) is 4. The van der Waals surface area contributed by atoms with Crippen molar-refractivity contribution < 1.29 is 14.4 Å². The summed E-state index contributed by atoms with van der Waals surface area (Å²) in [6, 6.07) is 13.1. The van der Waals surface area contributed by atoms with Crippen molar-refractivity contribution >= 4 is 39.1 Å². The van der Waals surface area contributed by atoms with Crippen LogP contribution in [0.25, 0.3) is 5.70 Å². The third kappa shape index (κ3) is 2.49. The minimum absolute atomic E-state index is 0.343. The third-order valence-corrected chi connectivity index (χ3v) is 4.94. The summed E-state index contributed by atoms with van der Waals surface area (Å²) in [4.78, 5) is 32.4. The molecule has 1 N–H and O–H groups in total. The maximum absolute atomic E-state index is 13.0. The Morgan fingerprint density at radius 2 is 1.80 bits per heavy atom. The van der Waals surface area contributed by atoms with Crippen molar-refractivity contribution in [3.63, 3.8) is 0 Å². The summed E-state index contributed by atoms with van der Waals surface area (Å²) in [5.41, 5.74) is 6.99. The van der Waals surface area contributed by atoms with Crippen molar-refractivity contribution in [3.05, 3.63) is 69.2 Å². The molecule has 2 heterocycles. The first-order valence-electron chi connectivity index (χ1n) is 7.84. The predicted molar refractivity (Wildman–Crippen MR) is 97.5 cm³/mol. The Bertz CT molecular complexity index is 934. The molecule has 2 aromatic rings. The van der Waals surface area contributed by atoms with Crippen LogP contribution in [0.2, 0.25) is 0 Å². The van der Waals surface area contributed by atoms with Gasteiger partial charge in [-0.1, -0.05) is 45.8 Å². The van der Waals surface area contributed by atoms with Crippen LogP contribution >= 0.6 is 15.9 Å². The van der Waals surface area contributed by atoms with Gasteiger partial charge in [-0.25, -0.2) is 4.90 Å². The normalized spacial score (nSPS) is 19.5. The van der Waals surface area contributed by atoms with E-state index < -0.39 is 6.10 Å². The van der Waals surface area contributed by atoms with Crippen LogP contribution in [0, 0.1) is 13.8 Å². The smallest absolute Gasteiger partial charge is 0.270 e. The number of nitrogens with one attached hydrogen (secondary N) is 1. The standard InChI is InChI=1S/C19H15BrN2O3/c1-10-3-8-14(11(2)9-10)22-18(23)15-16(21-25-17(15)19(22)24)12-4-6-13(20)7-5-12/h3-9,17,21H,1-2H3/t17-/m0/s1. The number of halogens is 1. The highest BCUT2D eigenvalue weighted by Gasteiger charge is 2.50. The Morgan fingerprint density at radius 1 is 1.08 bits per heavy atom. The van der Waals surface area contributed by atoms with Crippen molar-refractivity contribution in [3.8, 4) is 0 Å². The number of hydroxylamine groups is 1. The zero-order chi connectivity index (χ0) is 17.7. The van der Waals surface area contributed by atoms with Crippen LogP contribution in [-0.4, -0.2) is 17.9 Å². The fraction of sp³-hybridized carbons (Fsp3) is 0.158. The first-order chi connectivity index (χ1) is 12.0. The van der Waals surface area contributed by atoms with E-state index in [4.69, 9.17) is 4.84 Å². The van der Waals surface area contributed by atoms with Crippen molar-refractivity contribution in [1.29, 1.82) is 0 Å². The minimum Gasteiger partial charge on any atom is -0.270 e. The Hall–Kier alpha value is -2.44. The molecule has 0 unspecified atom stereocenters. The Balaban J connectivity index is 1.80. The van der Waals surface area contributed by atoms with Crippen LogP contribution in [0.5, 0.6) is 0 Å². The van der Waals surface area contributed by atoms with Gasteiger partial charge in [-0.2, -0.15) is 0 Å². The number of hydrogen-bond donors (Lipinski definition) is 1. The number of rotatable bonds is 2. The summed E-state index contributed by atoms with van der Waals surface area (Å²) in [5.74, 6) is -0.712. The summed E-state index contributed by atoms with van der Waals surface area (Å²) in [6.07, 6.45) is -0.910. The molecule has 25 heavy (non-hydrogen) atoms. The van der Waals surface area contributed by atoms with Crippen molar-refractivity contribution in [1.82, 2.24) is 5.48 Å². The van der Waals surface area contributed by atoms with Gasteiger partial charge in [0, 0.05) is 10.0 Å². The number of nitrogens with zero attached hydrogens (tertiary/aromatic N) is 1. The molecule has 2 aliphatic heterocycles. The lowest BCUT2D eigenvalue weighted by Crippen LogP contribution is -2.34. The average Bonchev–Trinajstić information content (AvgIpc) is 3.11. The van der Waals surface area contributed by atoms with Crippen molar-refractivity contribution in [2.24, 2.45) is 0 Å². The van der Waals surface area contributed by atoms with Crippen LogP contribution < -0.4 is 10.4 Å². The Kier molecular flexibility index (Phi) is 3.74. The number of imide groups is 1. The highest BCUT2D eigenvalue weighted by atomic mass is 79.9. The van der Waals surface area contributed by atoms with Gasteiger partial charge in [0.05, 0.1) is 17.0 Å². The highest BCUT2D eigenvalue weighted by molar-refractivity contribution is 9.10. The van der Waals surface area contributed by atoms with Crippen LogP contribution in [0.1, 0.15) is 16.7 Å². The molecule has 0 radical (unpaired) electrons. The molecule has 0 spiro atoms. The second-order valence-electron chi connectivity index (χ2n) is 6.16. The fourth-order valence-electron chi connectivity index (χ4n) is 3.21. The molecule has 0 saturated carbocycles. The van der Waals surface area contributed by atoms with E-state index in [0.717, 1.165) is 21.2 Å². The number of carbonyl (C=O) groups is 2. The van der Waals surface area contributed by atoms with Gasteiger partial charge in [0.1, 0.15) is 0 Å². The maximum Gasteiger partial charge on any atom is 0.270 e. The zero-order valence-corrected chi connectivity index (χ0v) is 15.3. The first-order valence-corrected chi connectivity index (χ1v) is 8.64. The average molecular weight is 399 g/mol. The van der Waals surface area contributed by atoms with Crippen molar-refractivity contribution in [2.45, 2.75) is 20.0 Å². The number of anilines is 1. The van der Waals surface area contributed by atoms with E-state index in [1.807, 2.05) is 50.2 Å². The lowest BCUT2D eigenvalue weighted by Gasteiger charge is -2.18. The molecule has 2 amide bonds. The molecule has 126 valence electrons. The lowest BCUT2D eigenvalue weighted by molar-refractivity contribution is -0.127. The molecular weight excluding hydrogens is 384 g/mol. The molecule has 0 bridgehead atoms. The third-order valence-electron chi connectivity index (χ3n) is 4.41. The molecule has 6 heteroatoms. The fourth-order valence-corrected chi connectivity index (χ4v) is 3.47. The van der Waals surface area contributed by atoms with Crippen molar-refractivity contribution in [2.75, 3.05) is 4.90 Å². The minimum atomic E-state index is -0.910. The van der Waals surface area contributed by atoms with Gasteiger partial charge >= 0.3 is 0 Å². The Labute approximate surface area is 153 Å².